The molecule has 1 aliphatic carbocycles. The van der Waals surface area contributed by atoms with Gasteiger partial charge in [-0.05, 0) is 132 Å². The number of hydrogen-bond acceptors (Lipinski definition) is 1. The maximum Gasteiger partial charge on any atom is 0.135 e. The highest BCUT2D eigenvalue weighted by Crippen LogP contribution is 2.42. The van der Waals surface area contributed by atoms with Crippen molar-refractivity contribution in [1.82, 2.24) is 13.7 Å². The van der Waals surface area contributed by atoms with E-state index < -0.39 is 0 Å². The Morgan fingerprint density at radius 2 is 0.750 bits per heavy atom. The lowest BCUT2D eigenvalue weighted by Gasteiger charge is -2.10. The van der Waals surface area contributed by atoms with Gasteiger partial charge in [-0.3, -0.25) is 0 Å². The SMILES string of the molecule is C1=Cc2c(oc3ccc(-n4c5ccc(-c6ccc7c(c6)c6ccccc6n7-c6ccccc6)cc5c5cc(-c6ccc7c(c6)c6ccccc6n7-c6ccccc6)ccc54)cc23)CC1. The van der Waals surface area contributed by atoms with Crippen molar-refractivity contribution >= 4 is 82.5 Å². The number of allylic oxidation sites excluding steroid dienone is 1. The molecule has 4 heterocycles. The quantitative estimate of drug-likeness (QED) is 0.170. The summed E-state index contributed by atoms with van der Waals surface area (Å²) in [6.45, 7) is 0. The number of aromatic nitrogens is 3. The predicted molar refractivity (Wildman–Crippen MR) is 267 cm³/mol. The lowest BCUT2D eigenvalue weighted by Crippen LogP contribution is -1.94. The predicted octanol–water partition coefficient (Wildman–Crippen LogP) is 16.0. The Balaban J connectivity index is 0.979. The van der Waals surface area contributed by atoms with Crippen molar-refractivity contribution in [2.24, 2.45) is 0 Å². The summed E-state index contributed by atoms with van der Waals surface area (Å²) in [6, 6.07) is 73.6. The van der Waals surface area contributed by atoms with E-state index in [0.29, 0.717) is 0 Å². The van der Waals surface area contributed by atoms with Crippen LogP contribution in [0.2, 0.25) is 0 Å². The molecule has 0 fully saturated rings. The molecule has 4 heteroatoms. The summed E-state index contributed by atoms with van der Waals surface area (Å²) >= 11 is 0. The fraction of sp³-hybridized carbons (Fsp3) is 0.0333. The van der Waals surface area contributed by atoms with Crippen molar-refractivity contribution in [3.05, 3.63) is 218 Å². The van der Waals surface area contributed by atoms with E-state index in [9.17, 15) is 0 Å². The first-order valence-electron chi connectivity index (χ1n) is 22.2. The molecule has 9 aromatic carbocycles. The van der Waals surface area contributed by atoms with E-state index in [1.165, 1.54) is 93.2 Å². The van der Waals surface area contributed by atoms with Crippen LogP contribution in [-0.4, -0.2) is 13.7 Å². The van der Waals surface area contributed by atoms with Crippen LogP contribution in [0.15, 0.2) is 211 Å². The summed E-state index contributed by atoms with van der Waals surface area (Å²) in [5.74, 6) is 1.08. The minimum absolute atomic E-state index is 0.938. The molecule has 4 nitrogen and oxygen atoms in total. The fourth-order valence-electron chi connectivity index (χ4n) is 10.8. The topological polar surface area (TPSA) is 27.9 Å². The van der Waals surface area contributed by atoms with Crippen LogP contribution < -0.4 is 0 Å². The maximum atomic E-state index is 6.37. The number of aryl methyl sites for hydroxylation is 1. The molecule has 0 radical (unpaired) electrons. The van der Waals surface area contributed by atoms with Gasteiger partial charge in [-0.15, -0.1) is 0 Å². The molecular formula is C60H39N3O. The second-order valence-corrected chi connectivity index (χ2v) is 17.2. The van der Waals surface area contributed by atoms with Gasteiger partial charge in [0.15, 0.2) is 0 Å². The standard InChI is InChI=1S/C60H39N3O/c1-3-13-42(14-4-1)61-53-20-10-7-17-45(53)48-33-38(23-28-55(48)61)40-25-30-57-50(35-40)51-36-41(26-31-58(51)63(57)44-27-32-60-52(37-44)47-19-9-12-22-59(47)64-60)39-24-29-56-49(34-39)46-18-8-11-21-54(46)62(56)43-15-5-2-6-16-43/h1-11,13-21,23-37H,12,22H2. The van der Waals surface area contributed by atoms with Crippen molar-refractivity contribution in [1.29, 1.82) is 0 Å². The molecule has 0 bridgehead atoms. The minimum Gasteiger partial charge on any atom is -0.460 e. The maximum absolute atomic E-state index is 6.37. The van der Waals surface area contributed by atoms with Gasteiger partial charge < -0.3 is 18.1 Å². The Hall–Kier alpha value is -8.34. The molecule has 0 saturated carbocycles. The highest BCUT2D eigenvalue weighted by molar-refractivity contribution is 6.15. The highest BCUT2D eigenvalue weighted by Gasteiger charge is 2.20. The van der Waals surface area contributed by atoms with Crippen LogP contribution in [0.3, 0.4) is 0 Å². The largest absolute Gasteiger partial charge is 0.460 e. The molecule has 0 spiro atoms. The van der Waals surface area contributed by atoms with Crippen molar-refractivity contribution in [3.63, 3.8) is 0 Å². The molecular weight excluding hydrogens is 779 g/mol. The van der Waals surface area contributed by atoms with Crippen molar-refractivity contribution in [2.75, 3.05) is 0 Å². The molecule has 0 atom stereocenters. The lowest BCUT2D eigenvalue weighted by atomic mass is 9.98. The zero-order chi connectivity index (χ0) is 41.9. The van der Waals surface area contributed by atoms with Crippen LogP contribution in [0.25, 0.3) is 122 Å². The van der Waals surface area contributed by atoms with Gasteiger partial charge in [-0.25, -0.2) is 0 Å². The molecule has 0 amide bonds. The molecule has 14 rings (SSSR count). The van der Waals surface area contributed by atoms with Crippen LogP contribution in [0.5, 0.6) is 0 Å². The van der Waals surface area contributed by atoms with E-state index in [4.69, 9.17) is 4.42 Å². The zero-order valence-corrected chi connectivity index (χ0v) is 34.9. The highest BCUT2D eigenvalue weighted by atomic mass is 16.3. The van der Waals surface area contributed by atoms with Gasteiger partial charge >= 0.3 is 0 Å². The number of nitrogens with zero attached hydrogens (tertiary/aromatic N) is 3. The number of furan rings is 1. The molecule has 64 heavy (non-hydrogen) atoms. The van der Waals surface area contributed by atoms with E-state index in [-0.39, 0.29) is 0 Å². The first-order chi connectivity index (χ1) is 31.7. The number of fused-ring (bicyclic) bond motifs is 12. The second-order valence-electron chi connectivity index (χ2n) is 17.2. The summed E-state index contributed by atoms with van der Waals surface area (Å²) in [6.07, 6.45) is 6.46. The number of hydrogen-bond donors (Lipinski definition) is 0. The van der Waals surface area contributed by atoms with E-state index >= 15 is 0 Å². The van der Waals surface area contributed by atoms with Crippen molar-refractivity contribution in [2.45, 2.75) is 12.8 Å². The number of benzene rings is 9. The minimum atomic E-state index is 0.938. The molecule has 0 N–H and O–H groups in total. The Kier molecular flexibility index (Phi) is 7.48. The third-order valence-corrected chi connectivity index (χ3v) is 13.7. The monoisotopic (exact) mass is 817 g/mol. The van der Waals surface area contributed by atoms with E-state index in [0.717, 1.165) is 46.6 Å². The second kappa shape index (κ2) is 13.6. The lowest BCUT2D eigenvalue weighted by molar-refractivity contribution is 0.546. The molecule has 0 saturated heterocycles. The summed E-state index contributed by atoms with van der Waals surface area (Å²) in [4.78, 5) is 0. The third-order valence-electron chi connectivity index (χ3n) is 13.7. The Bertz CT molecular complexity index is 3850. The summed E-state index contributed by atoms with van der Waals surface area (Å²) in [5.41, 5.74) is 17.5. The average molecular weight is 818 g/mol. The van der Waals surface area contributed by atoms with Gasteiger partial charge in [0.25, 0.3) is 0 Å². The first-order valence-corrected chi connectivity index (χ1v) is 22.2. The van der Waals surface area contributed by atoms with Gasteiger partial charge in [0.05, 0.1) is 33.1 Å². The van der Waals surface area contributed by atoms with Gasteiger partial charge in [-0.1, -0.05) is 109 Å². The summed E-state index contributed by atoms with van der Waals surface area (Å²) < 4.78 is 13.6. The van der Waals surface area contributed by atoms with Crippen molar-refractivity contribution < 1.29 is 4.42 Å². The smallest absolute Gasteiger partial charge is 0.135 e. The van der Waals surface area contributed by atoms with Gasteiger partial charge in [0.2, 0.25) is 0 Å². The van der Waals surface area contributed by atoms with E-state index in [1.807, 2.05) is 0 Å². The first kappa shape index (κ1) is 35.3. The van der Waals surface area contributed by atoms with E-state index in [1.54, 1.807) is 0 Å². The molecule has 0 unspecified atom stereocenters. The molecule has 4 aromatic heterocycles. The van der Waals surface area contributed by atoms with Gasteiger partial charge in [0.1, 0.15) is 11.3 Å². The number of para-hydroxylation sites is 4. The van der Waals surface area contributed by atoms with Crippen LogP contribution >= 0.6 is 0 Å². The van der Waals surface area contributed by atoms with Crippen LogP contribution in [0.4, 0.5) is 0 Å². The fourth-order valence-corrected chi connectivity index (χ4v) is 10.8. The molecule has 300 valence electrons. The molecule has 1 aliphatic rings. The van der Waals surface area contributed by atoms with Crippen molar-refractivity contribution in [3.8, 4) is 39.3 Å². The Morgan fingerprint density at radius 1 is 0.328 bits per heavy atom. The van der Waals surface area contributed by atoms with E-state index in [2.05, 4.69) is 226 Å². The van der Waals surface area contributed by atoms with Crippen LogP contribution in [-0.2, 0) is 6.42 Å². The molecule has 13 aromatic rings. The van der Waals surface area contributed by atoms with Crippen LogP contribution in [0.1, 0.15) is 17.7 Å². The Labute approximate surface area is 368 Å². The van der Waals surface area contributed by atoms with Gasteiger partial charge in [0, 0.05) is 66.8 Å². The number of rotatable bonds is 5. The third kappa shape index (κ3) is 5.17. The van der Waals surface area contributed by atoms with Gasteiger partial charge in [-0.2, -0.15) is 0 Å². The van der Waals surface area contributed by atoms with Crippen LogP contribution in [0, 0.1) is 0 Å². The average Bonchev–Trinajstić information content (AvgIpc) is 4.10. The zero-order valence-electron chi connectivity index (χ0n) is 34.9. The Morgan fingerprint density at radius 3 is 1.25 bits per heavy atom. The molecule has 0 aliphatic heterocycles. The summed E-state index contributed by atoms with van der Waals surface area (Å²) in [5, 5.41) is 8.60. The summed E-state index contributed by atoms with van der Waals surface area (Å²) in [7, 11) is 0. The normalized spacial score (nSPS) is 12.8.